The average molecular weight is 238 g/mol. The zero-order valence-electron chi connectivity index (χ0n) is 7.93. The number of rotatable bonds is 1. The van der Waals surface area contributed by atoms with Crippen LogP contribution in [0.4, 0.5) is 0 Å². The van der Waals surface area contributed by atoms with Crippen LogP contribution in [0.1, 0.15) is 19.8 Å². The van der Waals surface area contributed by atoms with Gasteiger partial charge in [0.05, 0.1) is 5.60 Å². The number of carbonyl (C=O) groups excluding carboxylic acids is 1. The highest BCUT2D eigenvalue weighted by molar-refractivity contribution is 6.41. The van der Waals surface area contributed by atoms with Crippen molar-refractivity contribution in [3.8, 4) is 0 Å². The molecule has 0 radical (unpaired) electrons. The number of hydrogen-bond acceptors (Lipinski definition) is 3. The number of alkyl halides is 2. The van der Waals surface area contributed by atoms with E-state index in [1.807, 2.05) is 6.92 Å². The summed E-state index contributed by atoms with van der Waals surface area (Å²) in [7, 11) is 0. The molecule has 4 unspecified atom stereocenters. The summed E-state index contributed by atoms with van der Waals surface area (Å²) in [4.78, 5) is 11.8. The van der Waals surface area contributed by atoms with Crippen molar-refractivity contribution in [1.29, 1.82) is 0 Å². The summed E-state index contributed by atoms with van der Waals surface area (Å²) in [6.45, 7) is 2.12. The Hall–Kier alpha value is 0.170. The highest BCUT2D eigenvalue weighted by atomic mass is 35.5. The SMILES string of the molecule is CC12CCC(CN)(O1)C(Cl)C(=O)C2Cl. The summed E-state index contributed by atoms with van der Waals surface area (Å²) in [5.74, 6) is -0.148. The summed E-state index contributed by atoms with van der Waals surface area (Å²) >= 11 is 12.0. The largest absolute Gasteiger partial charge is 0.363 e. The highest BCUT2D eigenvalue weighted by Gasteiger charge is 2.62. The monoisotopic (exact) mass is 237 g/mol. The van der Waals surface area contributed by atoms with Crippen molar-refractivity contribution in [2.24, 2.45) is 5.73 Å². The minimum atomic E-state index is -0.703. The molecular formula is C9H13Cl2NO2. The van der Waals surface area contributed by atoms with E-state index in [2.05, 4.69) is 0 Å². The van der Waals surface area contributed by atoms with Gasteiger partial charge in [0.25, 0.3) is 0 Å². The second-order valence-corrected chi connectivity index (χ2v) is 5.18. The molecule has 0 amide bonds. The summed E-state index contributed by atoms with van der Waals surface area (Å²) < 4.78 is 5.81. The van der Waals surface area contributed by atoms with Gasteiger partial charge in [0, 0.05) is 6.54 Å². The van der Waals surface area contributed by atoms with Crippen molar-refractivity contribution < 1.29 is 9.53 Å². The number of carbonyl (C=O) groups is 1. The summed E-state index contributed by atoms with van der Waals surface area (Å²) in [6, 6.07) is 0. The third-order valence-corrected chi connectivity index (χ3v) is 4.61. The summed E-state index contributed by atoms with van der Waals surface area (Å²) in [5, 5.41) is -1.35. The third-order valence-electron chi connectivity index (χ3n) is 3.32. The fourth-order valence-electron chi connectivity index (χ4n) is 2.32. The Bertz CT molecular complexity index is 286. The fraction of sp³-hybridized carbons (Fsp3) is 0.889. The number of halogens is 2. The Morgan fingerprint density at radius 2 is 2.14 bits per heavy atom. The fourth-order valence-corrected chi connectivity index (χ4v) is 3.03. The predicted octanol–water partition coefficient (Wildman–Crippen LogP) is 1.05. The molecular weight excluding hydrogens is 225 g/mol. The number of nitrogens with two attached hydrogens (primary N) is 1. The molecule has 2 rings (SSSR count). The van der Waals surface area contributed by atoms with Crippen LogP contribution in [0, 0.1) is 0 Å². The van der Waals surface area contributed by atoms with Crippen molar-refractivity contribution >= 4 is 29.0 Å². The topological polar surface area (TPSA) is 52.3 Å². The Balaban J connectivity index is 2.39. The van der Waals surface area contributed by atoms with Gasteiger partial charge in [-0.3, -0.25) is 4.79 Å². The smallest absolute Gasteiger partial charge is 0.174 e. The van der Waals surface area contributed by atoms with Crippen LogP contribution in [0.3, 0.4) is 0 Å². The molecule has 3 nitrogen and oxygen atoms in total. The van der Waals surface area contributed by atoms with Crippen LogP contribution in [-0.2, 0) is 9.53 Å². The molecule has 0 aromatic carbocycles. The maximum absolute atomic E-state index is 11.8. The van der Waals surface area contributed by atoms with Crippen LogP contribution in [0.15, 0.2) is 0 Å². The normalized spacial score (nSPS) is 52.4. The lowest BCUT2D eigenvalue weighted by Crippen LogP contribution is -2.60. The number of fused-ring (bicyclic) bond motifs is 2. The lowest BCUT2D eigenvalue weighted by molar-refractivity contribution is -0.151. The quantitative estimate of drug-likeness (QED) is 0.694. The Labute approximate surface area is 92.9 Å². The predicted molar refractivity (Wildman–Crippen MR) is 54.8 cm³/mol. The van der Waals surface area contributed by atoms with E-state index < -0.39 is 22.0 Å². The van der Waals surface area contributed by atoms with Gasteiger partial charge in [-0.1, -0.05) is 0 Å². The lowest BCUT2D eigenvalue weighted by atomic mass is 9.91. The molecule has 4 atom stereocenters. The van der Waals surface area contributed by atoms with E-state index in [1.165, 1.54) is 0 Å². The first-order chi connectivity index (χ1) is 6.45. The van der Waals surface area contributed by atoms with E-state index in [-0.39, 0.29) is 12.3 Å². The van der Waals surface area contributed by atoms with Gasteiger partial charge < -0.3 is 10.5 Å². The molecule has 0 aliphatic carbocycles. The van der Waals surface area contributed by atoms with Crippen LogP contribution in [0.2, 0.25) is 0 Å². The average Bonchev–Trinajstić information content (AvgIpc) is 2.52. The van der Waals surface area contributed by atoms with Gasteiger partial charge in [0.2, 0.25) is 0 Å². The molecule has 0 saturated carbocycles. The molecule has 0 aromatic rings. The van der Waals surface area contributed by atoms with Crippen LogP contribution in [0.25, 0.3) is 0 Å². The lowest BCUT2D eigenvalue weighted by Gasteiger charge is -2.42. The standard InChI is InChI=1S/C9H13Cl2NO2/c1-8-2-3-9(4-12,14-8)7(11)5(13)6(8)10/h6-7H,2-4,12H2,1H3. The second kappa shape index (κ2) is 3.08. The molecule has 5 heteroatoms. The van der Waals surface area contributed by atoms with Crippen molar-refractivity contribution in [3.05, 3.63) is 0 Å². The number of ether oxygens (including phenoxy) is 1. The molecule has 0 spiro atoms. The van der Waals surface area contributed by atoms with Crippen molar-refractivity contribution in [2.45, 2.75) is 41.7 Å². The molecule has 14 heavy (non-hydrogen) atoms. The number of Topliss-reactive ketones (excluding diaryl/α,β-unsaturated/α-hetero) is 1. The van der Waals surface area contributed by atoms with Crippen LogP contribution in [0.5, 0.6) is 0 Å². The Morgan fingerprint density at radius 1 is 1.50 bits per heavy atom. The van der Waals surface area contributed by atoms with E-state index in [9.17, 15) is 4.79 Å². The number of ketones is 1. The molecule has 2 saturated heterocycles. The minimum Gasteiger partial charge on any atom is -0.363 e. The maximum Gasteiger partial charge on any atom is 0.174 e. The first-order valence-electron chi connectivity index (χ1n) is 4.67. The van der Waals surface area contributed by atoms with Crippen molar-refractivity contribution in [1.82, 2.24) is 0 Å². The molecule has 2 fully saturated rings. The van der Waals surface area contributed by atoms with E-state index >= 15 is 0 Å². The van der Waals surface area contributed by atoms with Gasteiger partial charge >= 0.3 is 0 Å². The van der Waals surface area contributed by atoms with E-state index in [1.54, 1.807) is 0 Å². The summed E-state index contributed by atoms with van der Waals surface area (Å²) in [5.41, 5.74) is 4.37. The Morgan fingerprint density at radius 3 is 2.71 bits per heavy atom. The minimum absolute atomic E-state index is 0.148. The maximum atomic E-state index is 11.8. The molecule has 80 valence electrons. The zero-order valence-corrected chi connectivity index (χ0v) is 9.44. The van der Waals surface area contributed by atoms with E-state index in [4.69, 9.17) is 33.7 Å². The summed E-state index contributed by atoms with van der Waals surface area (Å²) in [6.07, 6.45) is 1.45. The van der Waals surface area contributed by atoms with Crippen molar-refractivity contribution in [2.75, 3.05) is 6.54 Å². The van der Waals surface area contributed by atoms with E-state index in [0.717, 1.165) is 6.42 Å². The molecule has 2 aliphatic heterocycles. The van der Waals surface area contributed by atoms with Gasteiger partial charge in [0.15, 0.2) is 5.78 Å². The van der Waals surface area contributed by atoms with Crippen LogP contribution >= 0.6 is 23.2 Å². The molecule has 2 heterocycles. The highest BCUT2D eigenvalue weighted by Crippen LogP contribution is 2.49. The zero-order chi connectivity index (χ0) is 10.6. The first kappa shape index (κ1) is 10.7. The van der Waals surface area contributed by atoms with Gasteiger partial charge in [-0.15, -0.1) is 23.2 Å². The molecule has 2 bridgehead atoms. The van der Waals surface area contributed by atoms with Crippen LogP contribution in [-0.4, -0.2) is 34.3 Å². The molecule has 2 aliphatic rings. The van der Waals surface area contributed by atoms with E-state index in [0.29, 0.717) is 6.42 Å². The van der Waals surface area contributed by atoms with Gasteiger partial charge in [-0.05, 0) is 19.8 Å². The van der Waals surface area contributed by atoms with Gasteiger partial charge in [0.1, 0.15) is 16.4 Å². The molecule has 0 aromatic heterocycles. The second-order valence-electron chi connectivity index (χ2n) is 4.31. The third kappa shape index (κ3) is 1.16. The van der Waals surface area contributed by atoms with Gasteiger partial charge in [-0.2, -0.15) is 0 Å². The van der Waals surface area contributed by atoms with Crippen molar-refractivity contribution in [3.63, 3.8) is 0 Å². The number of hydrogen-bond donors (Lipinski definition) is 1. The molecule has 2 N–H and O–H groups in total. The Kier molecular flexibility index (Phi) is 2.35. The first-order valence-corrected chi connectivity index (χ1v) is 5.55. The van der Waals surface area contributed by atoms with Crippen LogP contribution < -0.4 is 5.73 Å². The van der Waals surface area contributed by atoms with Gasteiger partial charge in [-0.25, -0.2) is 0 Å².